The van der Waals surface area contributed by atoms with Gasteiger partial charge >= 0.3 is 6.01 Å². The number of thioether (sulfide) groups is 1. The minimum absolute atomic E-state index is 0.107. The molecule has 2 aliphatic rings. The Morgan fingerprint density at radius 2 is 2.08 bits per heavy atom. The van der Waals surface area contributed by atoms with Crippen LogP contribution >= 0.6 is 11.8 Å². The fraction of sp³-hybridized carbons (Fsp3) is 0.389. The number of hydrogen-bond donors (Lipinski definition) is 1. The van der Waals surface area contributed by atoms with Gasteiger partial charge in [0.2, 0.25) is 0 Å². The first-order valence-corrected chi connectivity index (χ1v) is 9.40. The van der Waals surface area contributed by atoms with E-state index in [1.807, 2.05) is 6.07 Å². The third-order valence-corrected chi connectivity index (χ3v) is 5.74. The summed E-state index contributed by atoms with van der Waals surface area (Å²) in [6.07, 6.45) is 3.83. The SMILES string of the molecule is NC1=N[C@@]2(c3ccccc3F)CO[C@@H](COc3ncccn3)C[C@H]2CS1. The second-order valence-corrected chi connectivity index (χ2v) is 7.41. The monoisotopic (exact) mass is 374 g/mol. The van der Waals surface area contributed by atoms with E-state index in [0.717, 1.165) is 5.75 Å². The van der Waals surface area contributed by atoms with Crippen molar-refractivity contribution in [2.75, 3.05) is 19.0 Å². The number of aliphatic imine (C=N–C) groups is 1. The quantitative estimate of drug-likeness (QED) is 0.885. The van der Waals surface area contributed by atoms with E-state index in [0.29, 0.717) is 29.8 Å². The van der Waals surface area contributed by atoms with E-state index in [9.17, 15) is 4.39 Å². The smallest absolute Gasteiger partial charge is 0.316 e. The lowest BCUT2D eigenvalue weighted by molar-refractivity contribution is -0.0740. The van der Waals surface area contributed by atoms with Crippen molar-refractivity contribution < 1.29 is 13.9 Å². The molecule has 2 aliphatic heterocycles. The van der Waals surface area contributed by atoms with Crippen LogP contribution in [0.4, 0.5) is 4.39 Å². The Labute approximate surface area is 155 Å². The molecular formula is C18H19FN4O2S. The fourth-order valence-electron chi connectivity index (χ4n) is 3.50. The van der Waals surface area contributed by atoms with Gasteiger partial charge < -0.3 is 15.2 Å². The summed E-state index contributed by atoms with van der Waals surface area (Å²) in [5, 5.41) is 0.473. The van der Waals surface area contributed by atoms with Crippen molar-refractivity contribution in [1.29, 1.82) is 0 Å². The molecule has 0 radical (unpaired) electrons. The van der Waals surface area contributed by atoms with Crippen LogP contribution in [0.5, 0.6) is 6.01 Å². The molecule has 0 unspecified atom stereocenters. The maximum atomic E-state index is 14.5. The molecule has 3 atom stereocenters. The molecule has 0 saturated carbocycles. The number of aromatic nitrogens is 2. The van der Waals surface area contributed by atoms with Crippen LogP contribution in [0.25, 0.3) is 0 Å². The van der Waals surface area contributed by atoms with Crippen LogP contribution in [-0.4, -0.2) is 40.2 Å². The maximum Gasteiger partial charge on any atom is 0.316 e. The van der Waals surface area contributed by atoms with Crippen molar-refractivity contribution in [3.05, 3.63) is 54.1 Å². The Balaban J connectivity index is 1.54. The highest BCUT2D eigenvalue weighted by Crippen LogP contribution is 2.46. The highest BCUT2D eigenvalue weighted by molar-refractivity contribution is 8.13. The Bertz CT molecular complexity index is 807. The minimum atomic E-state index is -0.777. The zero-order valence-electron chi connectivity index (χ0n) is 14.0. The number of nitrogens with zero attached hydrogens (tertiary/aromatic N) is 3. The van der Waals surface area contributed by atoms with E-state index in [2.05, 4.69) is 15.0 Å². The number of halogens is 1. The Morgan fingerprint density at radius 3 is 2.88 bits per heavy atom. The molecule has 6 nitrogen and oxygen atoms in total. The molecule has 1 fully saturated rings. The van der Waals surface area contributed by atoms with Gasteiger partial charge in [-0.2, -0.15) is 0 Å². The third kappa shape index (κ3) is 3.26. The summed E-state index contributed by atoms with van der Waals surface area (Å²) in [5.74, 6) is 0.596. The number of nitrogens with two attached hydrogens (primary N) is 1. The van der Waals surface area contributed by atoms with Crippen molar-refractivity contribution in [2.24, 2.45) is 16.6 Å². The number of fused-ring (bicyclic) bond motifs is 1. The number of hydrogen-bond acceptors (Lipinski definition) is 7. The predicted molar refractivity (Wildman–Crippen MR) is 97.5 cm³/mol. The van der Waals surface area contributed by atoms with Crippen LogP contribution in [0, 0.1) is 11.7 Å². The van der Waals surface area contributed by atoms with Gasteiger partial charge in [-0.1, -0.05) is 30.0 Å². The van der Waals surface area contributed by atoms with Crippen LogP contribution in [0.1, 0.15) is 12.0 Å². The van der Waals surface area contributed by atoms with Gasteiger partial charge in [-0.25, -0.2) is 19.4 Å². The highest BCUT2D eigenvalue weighted by atomic mass is 32.2. The zero-order valence-corrected chi connectivity index (χ0v) is 14.9. The Hall–Kier alpha value is -2.19. The highest BCUT2D eigenvalue weighted by Gasteiger charge is 2.49. The Kier molecular flexibility index (Phi) is 4.78. The average Bonchev–Trinajstić information content (AvgIpc) is 2.67. The van der Waals surface area contributed by atoms with Gasteiger partial charge in [-0.05, 0) is 18.6 Å². The molecule has 0 aliphatic carbocycles. The maximum absolute atomic E-state index is 14.5. The van der Waals surface area contributed by atoms with Gasteiger partial charge in [0, 0.05) is 29.6 Å². The van der Waals surface area contributed by atoms with E-state index >= 15 is 0 Å². The standard InChI is InChI=1S/C18H19FN4O2S/c19-15-5-2-1-4-14(15)18-11-25-13(8-12(18)10-26-16(20)23-18)9-24-17-21-6-3-7-22-17/h1-7,12-13H,8-11H2,(H2,20,23)/t12-,13+,18-/m0/s1. The summed E-state index contributed by atoms with van der Waals surface area (Å²) >= 11 is 1.50. The summed E-state index contributed by atoms with van der Waals surface area (Å²) in [4.78, 5) is 12.7. The lowest BCUT2D eigenvalue weighted by Gasteiger charge is -2.46. The summed E-state index contributed by atoms with van der Waals surface area (Å²) in [6, 6.07) is 8.77. The first-order valence-electron chi connectivity index (χ1n) is 8.42. The van der Waals surface area contributed by atoms with E-state index in [1.165, 1.54) is 17.8 Å². The molecule has 3 heterocycles. The molecule has 1 aromatic carbocycles. The number of ether oxygens (including phenoxy) is 2. The summed E-state index contributed by atoms with van der Waals surface area (Å²) in [6.45, 7) is 0.612. The molecule has 4 rings (SSSR count). The zero-order chi connectivity index (χ0) is 18.0. The topological polar surface area (TPSA) is 82.6 Å². The average molecular weight is 374 g/mol. The van der Waals surface area contributed by atoms with Gasteiger partial charge in [0.25, 0.3) is 0 Å². The van der Waals surface area contributed by atoms with Crippen molar-refractivity contribution in [3.8, 4) is 6.01 Å². The third-order valence-electron chi connectivity index (χ3n) is 4.78. The molecule has 8 heteroatoms. The van der Waals surface area contributed by atoms with Gasteiger partial charge in [0.05, 0.1) is 12.7 Å². The van der Waals surface area contributed by atoms with Gasteiger partial charge in [0.1, 0.15) is 18.0 Å². The number of amidine groups is 1. The molecule has 26 heavy (non-hydrogen) atoms. The first kappa shape index (κ1) is 17.2. The predicted octanol–water partition coefficient (Wildman–Crippen LogP) is 2.36. The summed E-state index contributed by atoms with van der Waals surface area (Å²) < 4.78 is 26.2. The molecule has 1 aromatic heterocycles. The second-order valence-electron chi connectivity index (χ2n) is 6.37. The van der Waals surface area contributed by atoms with E-state index < -0.39 is 5.54 Å². The van der Waals surface area contributed by atoms with Gasteiger partial charge in [0.15, 0.2) is 5.17 Å². The van der Waals surface area contributed by atoms with Gasteiger partial charge in [-0.15, -0.1) is 0 Å². The molecule has 0 spiro atoms. The lowest BCUT2D eigenvalue weighted by Crippen LogP contribution is -2.51. The lowest BCUT2D eigenvalue weighted by atomic mass is 9.75. The second kappa shape index (κ2) is 7.20. The summed E-state index contributed by atoms with van der Waals surface area (Å²) in [7, 11) is 0. The van der Waals surface area contributed by atoms with Crippen LogP contribution < -0.4 is 10.5 Å². The van der Waals surface area contributed by atoms with Crippen molar-refractivity contribution in [3.63, 3.8) is 0 Å². The number of benzene rings is 1. The molecule has 2 N–H and O–H groups in total. The molecule has 136 valence electrons. The molecule has 2 aromatic rings. The minimum Gasteiger partial charge on any atom is -0.461 e. The summed E-state index contributed by atoms with van der Waals surface area (Å²) in [5.41, 5.74) is 5.74. The molecule has 0 bridgehead atoms. The molecular weight excluding hydrogens is 355 g/mol. The largest absolute Gasteiger partial charge is 0.461 e. The van der Waals surface area contributed by atoms with Crippen LogP contribution in [0.3, 0.4) is 0 Å². The van der Waals surface area contributed by atoms with E-state index in [1.54, 1.807) is 30.6 Å². The van der Waals surface area contributed by atoms with Crippen molar-refractivity contribution in [2.45, 2.75) is 18.1 Å². The van der Waals surface area contributed by atoms with E-state index in [-0.39, 0.29) is 24.4 Å². The van der Waals surface area contributed by atoms with Crippen LogP contribution in [0.2, 0.25) is 0 Å². The fourth-order valence-corrected chi connectivity index (χ4v) is 4.51. The first-order chi connectivity index (χ1) is 12.7. The number of rotatable bonds is 4. The normalized spacial score (nSPS) is 28.1. The molecule has 0 amide bonds. The van der Waals surface area contributed by atoms with Crippen molar-refractivity contribution in [1.82, 2.24) is 9.97 Å². The van der Waals surface area contributed by atoms with Crippen molar-refractivity contribution >= 4 is 16.9 Å². The molecule has 1 saturated heterocycles. The Morgan fingerprint density at radius 1 is 1.27 bits per heavy atom. The van der Waals surface area contributed by atoms with Crippen LogP contribution in [0.15, 0.2) is 47.7 Å². The van der Waals surface area contributed by atoms with E-state index in [4.69, 9.17) is 15.2 Å². The van der Waals surface area contributed by atoms with Gasteiger partial charge in [-0.3, -0.25) is 0 Å². The van der Waals surface area contributed by atoms with Crippen LogP contribution in [-0.2, 0) is 10.3 Å².